The second kappa shape index (κ2) is 7.81. The van der Waals surface area contributed by atoms with Crippen LogP contribution in [0.3, 0.4) is 0 Å². The molecule has 1 atom stereocenters. The molecule has 1 aromatic rings. The molecule has 0 heterocycles. The van der Waals surface area contributed by atoms with Gasteiger partial charge < -0.3 is 10.5 Å². The average Bonchev–Trinajstić information content (AvgIpc) is 2.39. The van der Waals surface area contributed by atoms with Gasteiger partial charge in [-0.25, -0.2) is 0 Å². The number of carbonyl (C=O) groups is 1. The number of nitrogens with zero attached hydrogens (tertiary/aromatic N) is 1. The SMILES string of the molecule is CCC[C@](N)(CC(=O)OC)c1cccc([N+](=O)[O-])c1.Cl. The number of non-ortho nitro benzene ring substituents is 1. The van der Waals surface area contributed by atoms with E-state index in [-0.39, 0.29) is 24.5 Å². The van der Waals surface area contributed by atoms with E-state index in [1.165, 1.54) is 19.2 Å². The highest BCUT2D eigenvalue weighted by Gasteiger charge is 2.31. The number of esters is 1. The standard InChI is InChI=1S/C13H18N2O4.ClH/c1-3-7-13(14,9-12(16)19-2)10-5-4-6-11(8-10)15(17)18;/h4-6,8H,3,7,9,14H2,1-2H3;1H/t13-;/m0./s1. The van der Waals surface area contributed by atoms with Crippen LogP contribution in [-0.2, 0) is 15.1 Å². The highest BCUT2D eigenvalue weighted by atomic mass is 35.5. The molecule has 0 fully saturated rings. The van der Waals surface area contributed by atoms with Crippen LogP contribution in [0.4, 0.5) is 5.69 Å². The molecule has 0 amide bonds. The Bertz CT molecular complexity index is 481. The number of hydrogen-bond donors (Lipinski definition) is 1. The summed E-state index contributed by atoms with van der Waals surface area (Å²) in [6.07, 6.45) is 1.30. The fourth-order valence-corrected chi connectivity index (χ4v) is 2.04. The minimum absolute atomic E-state index is 0. The Labute approximate surface area is 123 Å². The molecule has 0 bridgehead atoms. The first kappa shape index (κ1) is 18.3. The monoisotopic (exact) mass is 302 g/mol. The molecule has 0 aliphatic heterocycles. The van der Waals surface area contributed by atoms with Gasteiger partial charge in [-0.05, 0) is 12.0 Å². The Balaban J connectivity index is 0.00000361. The Hall–Kier alpha value is -1.66. The van der Waals surface area contributed by atoms with Crippen LogP contribution < -0.4 is 5.73 Å². The quantitative estimate of drug-likeness (QED) is 0.495. The summed E-state index contributed by atoms with van der Waals surface area (Å²) in [5, 5.41) is 10.8. The van der Waals surface area contributed by atoms with Crippen LogP contribution in [0.15, 0.2) is 24.3 Å². The van der Waals surface area contributed by atoms with Crippen LogP contribution in [-0.4, -0.2) is 18.0 Å². The van der Waals surface area contributed by atoms with Crippen molar-refractivity contribution in [1.29, 1.82) is 0 Å². The number of methoxy groups -OCH3 is 1. The summed E-state index contributed by atoms with van der Waals surface area (Å²) in [5.74, 6) is -0.428. The number of ether oxygens (including phenoxy) is 1. The molecule has 112 valence electrons. The first-order chi connectivity index (χ1) is 8.92. The lowest BCUT2D eigenvalue weighted by Crippen LogP contribution is -2.39. The zero-order chi connectivity index (χ0) is 14.5. The van der Waals surface area contributed by atoms with Crippen LogP contribution in [0.5, 0.6) is 0 Å². The van der Waals surface area contributed by atoms with Gasteiger partial charge in [0.1, 0.15) is 0 Å². The van der Waals surface area contributed by atoms with Crippen molar-refractivity contribution in [3.63, 3.8) is 0 Å². The van der Waals surface area contributed by atoms with Gasteiger partial charge in [-0.3, -0.25) is 14.9 Å². The first-order valence-electron chi connectivity index (χ1n) is 6.03. The molecule has 0 aliphatic carbocycles. The third-order valence-electron chi connectivity index (χ3n) is 3.02. The lowest BCUT2D eigenvalue weighted by Gasteiger charge is -2.28. The van der Waals surface area contributed by atoms with E-state index < -0.39 is 16.4 Å². The molecule has 0 radical (unpaired) electrons. The Kier molecular flexibility index (Phi) is 7.17. The van der Waals surface area contributed by atoms with Crippen molar-refractivity contribution in [2.75, 3.05) is 7.11 Å². The molecule has 6 nitrogen and oxygen atoms in total. The van der Waals surface area contributed by atoms with Crippen LogP contribution in [0, 0.1) is 10.1 Å². The summed E-state index contributed by atoms with van der Waals surface area (Å²) in [7, 11) is 1.29. The fourth-order valence-electron chi connectivity index (χ4n) is 2.04. The van der Waals surface area contributed by atoms with Gasteiger partial charge in [0.05, 0.1) is 24.0 Å². The highest BCUT2D eigenvalue weighted by molar-refractivity contribution is 5.85. The molecule has 0 saturated heterocycles. The van der Waals surface area contributed by atoms with E-state index in [2.05, 4.69) is 4.74 Å². The van der Waals surface area contributed by atoms with Gasteiger partial charge in [0.25, 0.3) is 5.69 Å². The van der Waals surface area contributed by atoms with E-state index in [0.29, 0.717) is 12.0 Å². The number of halogens is 1. The number of hydrogen-bond acceptors (Lipinski definition) is 5. The first-order valence-corrected chi connectivity index (χ1v) is 6.03. The Morgan fingerprint density at radius 3 is 2.65 bits per heavy atom. The zero-order valence-electron chi connectivity index (χ0n) is 11.5. The minimum Gasteiger partial charge on any atom is -0.469 e. The fraction of sp³-hybridized carbons (Fsp3) is 0.462. The predicted molar refractivity (Wildman–Crippen MR) is 77.8 cm³/mol. The average molecular weight is 303 g/mol. The third kappa shape index (κ3) is 4.47. The molecule has 0 spiro atoms. The summed E-state index contributed by atoms with van der Waals surface area (Å²) in [4.78, 5) is 21.8. The van der Waals surface area contributed by atoms with Gasteiger partial charge in [0, 0.05) is 12.1 Å². The van der Waals surface area contributed by atoms with Gasteiger partial charge in [-0.1, -0.05) is 25.5 Å². The maximum absolute atomic E-state index is 11.5. The molecular weight excluding hydrogens is 284 g/mol. The molecule has 7 heteroatoms. The van der Waals surface area contributed by atoms with E-state index in [9.17, 15) is 14.9 Å². The van der Waals surface area contributed by atoms with Crippen LogP contribution in [0.2, 0.25) is 0 Å². The lowest BCUT2D eigenvalue weighted by atomic mass is 9.83. The second-order valence-electron chi connectivity index (χ2n) is 4.47. The number of rotatable bonds is 6. The maximum Gasteiger partial charge on any atom is 0.307 e. The largest absolute Gasteiger partial charge is 0.469 e. The molecular formula is C13H19ClN2O4. The van der Waals surface area contributed by atoms with Gasteiger partial charge in [0.2, 0.25) is 0 Å². The number of nitro groups is 1. The van der Waals surface area contributed by atoms with E-state index in [0.717, 1.165) is 6.42 Å². The van der Waals surface area contributed by atoms with Crippen LogP contribution in [0.25, 0.3) is 0 Å². The smallest absolute Gasteiger partial charge is 0.307 e. The number of carbonyl (C=O) groups excluding carboxylic acids is 1. The van der Waals surface area contributed by atoms with Crippen molar-refractivity contribution in [3.8, 4) is 0 Å². The lowest BCUT2D eigenvalue weighted by molar-refractivity contribution is -0.385. The van der Waals surface area contributed by atoms with Crippen molar-refractivity contribution in [3.05, 3.63) is 39.9 Å². The summed E-state index contributed by atoms with van der Waals surface area (Å²) in [5.41, 5.74) is 5.86. The summed E-state index contributed by atoms with van der Waals surface area (Å²) in [6.45, 7) is 1.94. The highest BCUT2D eigenvalue weighted by Crippen LogP contribution is 2.30. The van der Waals surface area contributed by atoms with Gasteiger partial charge >= 0.3 is 5.97 Å². The molecule has 1 aromatic carbocycles. The van der Waals surface area contributed by atoms with Gasteiger partial charge in [0.15, 0.2) is 0 Å². The molecule has 0 aliphatic rings. The zero-order valence-corrected chi connectivity index (χ0v) is 12.3. The number of nitro benzene ring substituents is 1. The Morgan fingerprint density at radius 1 is 1.50 bits per heavy atom. The van der Waals surface area contributed by atoms with E-state index in [4.69, 9.17) is 5.73 Å². The molecule has 2 N–H and O–H groups in total. The molecule has 0 unspecified atom stereocenters. The number of benzene rings is 1. The van der Waals surface area contributed by atoms with Crippen LogP contribution in [0.1, 0.15) is 31.7 Å². The second-order valence-corrected chi connectivity index (χ2v) is 4.47. The van der Waals surface area contributed by atoms with Crippen molar-refractivity contribution in [1.82, 2.24) is 0 Å². The molecule has 1 rings (SSSR count). The van der Waals surface area contributed by atoms with Crippen LogP contribution >= 0.6 is 12.4 Å². The van der Waals surface area contributed by atoms with Crippen molar-refractivity contribution in [2.45, 2.75) is 31.7 Å². The predicted octanol–water partition coefficient (Wildman–Crippen LogP) is 2.53. The van der Waals surface area contributed by atoms with Crippen molar-refractivity contribution in [2.24, 2.45) is 5.73 Å². The van der Waals surface area contributed by atoms with Crippen molar-refractivity contribution >= 4 is 24.1 Å². The topological polar surface area (TPSA) is 95.5 Å². The summed E-state index contributed by atoms with van der Waals surface area (Å²) < 4.78 is 4.64. The Morgan fingerprint density at radius 2 is 2.15 bits per heavy atom. The van der Waals surface area contributed by atoms with Gasteiger partial charge in [-0.15, -0.1) is 12.4 Å². The van der Waals surface area contributed by atoms with Gasteiger partial charge in [-0.2, -0.15) is 0 Å². The third-order valence-corrected chi connectivity index (χ3v) is 3.02. The minimum atomic E-state index is -0.937. The molecule has 20 heavy (non-hydrogen) atoms. The molecule has 0 aromatic heterocycles. The van der Waals surface area contributed by atoms with E-state index in [1.54, 1.807) is 12.1 Å². The summed E-state index contributed by atoms with van der Waals surface area (Å²) in [6, 6.07) is 6.08. The van der Waals surface area contributed by atoms with E-state index in [1.807, 2.05) is 6.92 Å². The number of nitrogens with two attached hydrogens (primary N) is 1. The molecule has 0 saturated carbocycles. The normalized spacial score (nSPS) is 12.9. The summed E-state index contributed by atoms with van der Waals surface area (Å²) >= 11 is 0. The van der Waals surface area contributed by atoms with Crippen molar-refractivity contribution < 1.29 is 14.5 Å². The van der Waals surface area contributed by atoms with E-state index >= 15 is 0 Å². The maximum atomic E-state index is 11.5.